The van der Waals surface area contributed by atoms with Crippen molar-refractivity contribution in [2.75, 3.05) is 31.6 Å². The molecule has 0 fully saturated rings. The molecule has 1 amide bonds. The topological polar surface area (TPSA) is 50.8 Å². The lowest BCUT2D eigenvalue weighted by atomic mass is 10.1. The Bertz CT molecular complexity index is 748. The zero-order valence-corrected chi connectivity index (χ0v) is 15.4. The van der Waals surface area contributed by atoms with Crippen molar-refractivity contribution in [2.45, 2.75) is 26.4 Å². The number of hydrogen-bond donors (Lipinski definition) is 1. The second-order valence-corrected chi connectivity index (χ2v) is 6.38. The molecule has 1 heterocycles. The maximum Gasteiger partial charge on any atom is 0.238 e. The molecule has 5 nitrogen and oxygen atoms in total. The summed E-state index contributed by atoms with van der Waals surface area (Å²) in [5.41, 5.74) is 2.03. The maximum absolute atomic E-state index is 12.5. The molecule has 0 radical (unpaired) electrons. The van der Waals surface area contributed by atoms with Gasteiger partial charge in [-0.25, -0.2) is 0 Å². The summed E-state index contributed by atoms with van der Waals surface area (Å²) >= 11 is 0. The van der Waals surface area contributed by atoms with Crippen molar-refractivity contribution < 1.29 is 14.3 Å². The number of para-hydroxylation sites is 3. The van der Waals surface area contributed by atoms with Gasteiger partial charge >= 0.3 is 0 Å². The van der Waals surface area contributed by atoms with E-state index in [0.717, 1.165) is 35.7 Å². The minimum absolute atomic E-state index is 0.00937. The summed E-state index contributed by atoms with van der Waals surface area (Å²) in [5, 5.41) is 3.03. The molecule has 138 valence electrons. The van der Waals surface area contributed by atoms with Gasteiger partial charge in [0.05, 0.1) is 6.54 Å². The molecular formula is C21H26N2O3. The van der Waals surface area contributed by atoms with E-state index in [9.17, 15) is 4.79 Å². The van der Waals surface area contributed by atoms with Crippen LogP contribution in [0.25, 0.3) is 0 Å². The number of carbonyl (C=O) groups excluding carboxylic acids is 1. The van der Waals surface area contributed by atoms with Gasteiger partial charge in [-0.05, 0) is 36.7 Å². The van der Waals surface area contributed by atoms with Crippen LogP contribution < -0.4 is 14.8 Å². The third kappa shape index (κ3) is 4.55. The standard InChI is InChI=1S/C21H26N2O3/c1-3-16-9-5-6-10-18(16)22-21(24)14-23(4-2)13-17-15-25-19-11-7-8-12-20(19)26-17/h5-12,17H,3-4,13-15H2,1-2H3,(H,22,24). The van der Waals surface area contributed by atoms with Gasteiger partial charge in [-0.3, -0.25) is 9.69 Å². The lowest BCUT2D eigenvalue weighted by Crippen LogP contribution is -2.43. The number of hydrogen-bond acceptors (Lipinski definition) is 4. The van der Waals surface area contributed by atoms with Gasteiger partial charge in [0.15, 0.2) is 11.5 Å². The lowest BCUT2D eigenvalue weighted by molar-refractivity contribution is -0.117. The fourth-order valence-corrected chi connectivity index (χ4v) is 3.09. The van der Waals surface area contributed by atoms with E-state index in [-0.39, 0.29) is 12.0 Å². The second kappa shape index (κ2) is 8.72. The van der Waals surface area contributed by atoms with E-state index in [2.05, 4.69) is 17.1 Å². The fourth-order valence-electron chi connectivity index (χ4n) is 3.09. The van der Waals surface area contributed by atoms with Crippen LogP contribution in [-0.4, -0.2) is 43.2 Å². The Balaban J connectivity index is 1.55. The first-order valence-electron chi connectivity index (χ1n) is 9.18. The molecule has 3 rings (SSSR count). The molecule has 26 heavy (non-hydrogen) atoms. The zero-order chi connectivity index (χ0) is 18.4. The zero-order valence-electron chi connectivity index (χ0n) is 15.4. The number of fused-ring (bicyclic) bond motifs is 1. The fraction of sp³-hybridized carbons (Fsp3) is 0.381. The SMILES string of the molecule is CCc1ccccc1NC(=O)CN(CC)CC1COc2ccccc2O1. The Kier molecular flexibility index (Phi) is 6.12. The van der Waals surface area contributed by atoms with Crippen LogP contribution in [0.5, 0.6) is 11.5 Å². The van der Waals surface area contributed by atoms with Crippen LogP contribution in [0, 0.1) is 0 Å². The summed E-state index contributed by atoms with van der Waals surface area (Å²) < 4.78 is 11.8. The molecule has 1 aliphatic heterocycles. The van der Waals surface area contributed by atoms with E-state index in [1.807, 2.05) is 55.5 Å². The molecule has 0 aromatic heterocycles. The Morgan fingerprint density at radius 3 is 2.62 bits per heavy atom. The highest BCUT2D eigenvalue weighted by Gasteiger charge is 2.23. The van der Waals surface area contributed by atoms with Crippen LogP contribution in [0.1, 0.15) is 19.4 Å². The summed E-state index contributed by atoms with van der Waals surface area (Å²) in [7, 11) is 0. The molecule has 0 aliphatic carbocycles. The number of benzene rings is 2. The minimum Gasteiger partial charge on any atom is -0.486 e. The smallest absolute Gasteiger partial charge is 0.238 e. The molecule has 0 saturated heterocycles. The largest absolute Gasteiger partial charge is 0.486 e. The summed E-state index contributed by atoms with van der Waals surface area (Å²) in [6, 6.07) is 15.6. The van der Waals surface area contributed by atoms with Crippen LogP contribution in [0.4, 0.5) is 5.69 Å². The van der Waals surface area contributed by atoms with Gasteiger partial charge in [0, 0.05) is 12.2 Å². The van der Waals surface area contributed by atoms with Gasteiger partial charge in [-0.1, -0.05) is 44.2 Å². The van der Waals surface area contributed by atoms with Crippen molar-refractivity contribution in [3.8, 4) is 11.5 Å². The molecule has 1 aliphatic rings. The molecule has 5 heteroatoms. The van der Waals surface area contributed by atoms with E-state index in [1.54, 1.807) is 0 Å². The molecule has 0 bridgehead atoms. The second-order valence-electron chi connectivity index (χ2n) is 6.38. The number of nitrogens with one attached hydrogen (secondary N) is 1. The third-order valence-corrected chi connectivity index (χ3v) is 4.52. The van der Waals surface area contributed by atoms with Gasteiger partial charge in [0.1, 0.15) is 12.7 Å². The number of aryl methyl sites for hydroxylation is 1. The first-order valence-corrected chi connectivity index (χ1v) is 9.18. The summed E-state index contributed by atoms with van der Waals surface area (Å²) in [6.45, 7) is 6.37. The van der Waals surface area contributed by atoms with E-state index < -0.39 is 0 Å². The molecule has 2 aromatic carbocycles. The van der Waals surface area contributed by atoms with E-state index >= 15 is 0 Å². The van der Waals surface area contributed by atoms with Crippen molar-refractivity contribution in [1.82, 2.24) is 4.90 Å². The normalized spacial score (nSPS) is 15.7. The van der Waals surface area contributed by atoms with Gasteiger partial charge in [-0.2, -0.15) is 0 Å². The number of rotatable bonds is 7. The van der Waals surface area contributed by atoms with Crippen LogP contribution >= 0.6 is 0 Å². The Morgan fingerprint density at radius 1 is 1.12 bits per heavy atom. The Hall–Kier alpha value is -2.53. The highest BCUT2D eigenvalue weighted by Crippen LogP contribution is 2.31. The van der Waals surface area contributed by atoms with E-state index in [1.165, 1.54) is 0 Å². The van der Waals surface area contributed by atoms with Crippen LogP contribution in [0.2, 0.25) is 0 Å². The Labute approximate surface area is 154 Å². The average molecular weight is 354 g/mol. The highest BCUT2D eigenvalue weighted by atomic mass is 16.6. The van der Waals surface area contributed by atoms with Crippen molar-refractivity contribution in [3.63, 3.8) is 0 Å². The number of anilines is 1. The minimum atomic E-state index is -0.0828. The lowest BCUT2D eigenvalue weighted by Gasteiger charge is -2.30. The van der Waals surface area contributed by atoms with Crippen LogP contribution in [-0.2, 0) is 11.2 Å². The number of likely N-dealkylation sites (N-methyl/N-ethyl adjacent to an activating group) is 1. The molecule has 2 aromatic rings. The van der Waals surface area contributed by atoms with Crippen molar-refractivity contribution in [3.05, 3.63) is 54.1 Å². The molecule has 1 unspecified atom stereocenters. The monoisotopic (exact) mass is 354 g/mol. The van der Waals surface area contributed by atoms with E-state index in [4.69, 9.17) is 9.47 Å². The molecule has 1 N–H and O–H groups in total. The molecule has 1 atom stereocenters. The third-order valence-electron chi connectivity index (χ3n) is 4.52. The molecular weight excluding hydrogens is 328 g/mol. The van der Waals surface area contributed by atoms with Gasteiger partial charge in [0.2, 0.25) is 5.91 Å². The summed E-state index contributed by atoms with van der Waals surface area (Å²) in [4.78, 5) is 14.5. The number of amides is 1. The maximum atomic E-state index is 12.5. The predicted octanol–water partition coefficient (Wildman–Crippen LogP) is 3.35. The van der Waals surface area contributed by atoms with Crippen molar-refractivity contribution in [1.29, 1.82) is 0 Å². The summed E-state index contributed by atoms with van der Waals surface area (Å²) in [6.07, 6.45) is 0.807. The van der Waals surface area contributed by atoms with Gasteiger partial charge < -0.3 is 14.8 Å². The number of carbonyl (C=O) groups is 1. The summed E-state index contributed by atoms with van der Waals surface area (Å²) in [5.74, 6) is 1.53. The van der Waals surface area contributed by atoms with Gasteiger partial charge in [0.25, 0.3) is 0 Å². The van der Waals surface area contributed by atoms with E-state index in [0.29, 0.717) is 19.7 Å². The highest BCUT2D eigenvalue weighted by molar-refractivity contribution is 5.93. The predicted molar refractivity (Wildman–Crippen MR) is 103 cm³/mol. The number of ether oxygens (including phenoxy) is 2. The number of nitrogens with zero attached hydrogens (tertiary/aromatic N) is 1. The van der Waals surface area contributed by atoms with Crippen molar-refractivity contribution in [2.24, 2.45) is 0 Å². The van der Waals surface area contributed by atoms with Crippen LogP contribution in [0.3, 0.4) is 0 Å². The first kappa shape index (κ1) is 18.3. The van der Waals surface area contributed by atoms with Crippen molar-refractivity contribution >= 4 is 11.6 Å². The van der Waals surface area contributed by atoms with Gasteiger partial charge in [-0.15, -0.1) is 0 Å². The quantitative estimate of drug-likeness (QED) is 0.828. The average Bonchev–Trinajstić information content (AvgIpc) is 2.67. The molecule has 0 saturated carbocycles. The van der Waals surface area contributed by atoms with Crippen LogP contribution in [0.15, 0.2) is 48.5 Å². The first-order chi connectivity index (χ1) is 12.7. The molecule has 0 spiro atoms. The Morgan fingerprint density at radius 2 is 1.85 bits per heavy atom.